The Morgan fingerprint density at radius 1 is 1.27 bits per heavy atom. The zero-order valence-corrected chi connectivity index (χ0v) is 13.5. The molecule has 0 aliphatic carbocycles. The van der Waals surface area contributed by atoms with Gasteiger partial charge in [-0.05, 0) is 18.6 Å². The van der Waals surface area contributed by atoms with Gasteiger partial charge in [0.1, 0.15) is 4.90 Å². The van der Waals surface area contributed by atoms with Crippen LogP contribution in [0, 0.1) is 0 Å². The number of halogens is 1. The van der Waals surface area contributed by atoms with Gasteiger partial charge in [-0.3, -0.25) is 0 Å². The Balaban J connectivity index is 2.38. The van der Waals surface area contributed by atoms with E-state index in [0.717, 1.165) is 12.1 Å². The second-order valence-electron chi connectivity index (χ2n) is 4.14. The maximum Gasteiger partial charge on any atom is 0.501 e. The molecule has 0 radical (unpaired) electrons. The van der Waals surface area contributed by atoms with E-state index in [1.165, 1.54) is 0 Å². The standard InChI is InChI=1S/C10H11ClN2O7S2/c1-2-5-12-10(14)13-21(15,16)7-4-3-6(11)8-9(7)20-22(17,18)19-8/h3-4H,2,5H2,1H3,(H2,12,13,14). The molecule has 0 spiro atoms. The molecule has 0 saturated carbocycles. The molecule has 2 rings (SSSR count). The van der Waals surface area contributed by atoms with Gasteiger partial charge >= 0.3 is 16.4 Å². The molecular formula is C10H11ClN2O7S2. The number of rotatable bonds is 4. The molecule has 0 fully saturated rings. The Kier molecular flexibility index (Phi) is 4.40. The quantitative estimate of drug-likeness (QED) is 0.800. The van der Waals surface area contributed by atoms with Crippen molar-refractivity contribution < 1.29 is 30.0 Å². The summed E-state index contributed by atoms with van der Waals surface area (Å²) in [5.41, 5.74) is 0. The minimum Gasteiger partial charge on any atom is -0.347 e. The maximum absolute atomic E-state index is 12.1. The number of urea groups is 1. The summed E-state index contributed by atoms with van der Waals surface area (Å²) < 4.78 is 57.5. The summed E-state index contributed by atoms with van der Waals surface area (Å²) >= 11 is 5.73. The number of amides is 2. The first-order chi connectivity index (χ1) is 10.2. The SMILES string of the molecule is CCCNC(=O)NS(=O)(=O)c1ccc(Cl)c2c1OS(=O)(=O)O2. The third-order valence-corrected chi connectivity index (χ3v) is 4.84. The van der Waals surface area contributed by atoms with Gasteiger partial charge in [-0.25, -0.2) is 17.9 Å². The van der Waals surface area contributed by atoms with Crippen LogP contribution >= 0.6 is 11.6 Å². The van der Waals surface area contributed by atoms with E-state index in [2.05, 4.69) is 13.7 Å². The van der Waals surface area contributed by atoms with Crippen molar-refractivity contribution in [1.82, 2.24) is 10.0 Å². The molecule has 9 nitrogen and oxygen atoms in total. The lowest BCUT2D eigenvalue weighted by atomic mass is 10.3. The largest absolute Gasteiger partial charge is 0.501 e. The zero-order chi connectivity index (χ0) is 16.5. The average molecular weight is 371 g/mol. The summed E-state index contributed by atoms with van der Waals surface area (Å²) in [6.07, 6.45) is 0.610. The molecule has 1 aromatic carbocycles. The number of hydrogen-bond acceptors (Lipinski definition) is 7. The van der Waals surface area contributed by atoms with Crippen molar-refractivity contribution in [2.24, 2.45) is 0 Å². The van der Waals surface area contributed by atoms with E-state index in [1.54, 1.807) is 11.6 Å². The first-order valence-electron chi connectivity index (χ1n) is 5.93. The predicted molar refractivity (Wildman–Crippen MR) is 75.6 cm³/mol. The van der Waals surface area contributed by atoms with Crippen LogP contribution in [0.5, 0.6) is 11.5 Å². The molecule has 0 bridgehead atoms. The summed E-state index contributed by atoms with van der Waals surface area (Å²) in [6.45, 7) is 2.06. The fourth-order valence-electron chi connectivity index (χ4n) is 1.56. The monoisotopic (exact) mass is 370 g/mol. The van der Waals surface area contributed by atoms with E-state index in [1.807, 2.05) is 0 Å². The third-order valence-electron chi connectivity index (χ3n) is 2.45. The first kappa shape index (κ1) is 16.6. The van der Waals surface area contributed by atoms with Crippen molar-refractivity contribution in [1.29, 1.82) is 0 Å². The zero-order valence-electron chi connectivity index (χ0n) is 11.1. The van der Waals surface area contributed by atoms with Gasteiger partial charge in [0, 0.05) is 6.54 Å². The number of hydrogen-bond donors (Lipinski definition) is 2. The summed E-state index contributed by atoms with van der Waals surface area (Å²) in [4.78, 5) is 10.9. The maximum atomic E-state index is 12.1. The fourth-order valence-corrected chi connectivity index (χ4v) is 3.67. The Morgan fingerprint density at radius 2 is 1.91 bits per heavy atom. The van der Waals surface area contributed by atoms with E-state index >= 15 is 0 Å². The van der Waals surface area contributed by atoms with Gasteiger partial charge in [-0.2, -0.15) is 0 Å². The highest BCUT2D eigenvalue weighted by atomic mass is 35.5. The van der Waals surface area contributed by atoms with Gasteiger partial charge in [0.05, 0.1) is 5.02 Å². The van der Waals surface area contributed by atoms with Gasteiger partial charge in [-0.1, -0.05) is 18.5 Å². The topological polar surface area (TPSA) is 128 Å². The van der Waals surface area contributed by atoms with Crippen LogP contribution in [-0.2, 0) is 20.4 Å². The van der Waals surface area contributed by atoms with Gasteiger partial charge in [0.15, 0.2) is 0 Å². The highest BCUT2D eigenvalue weighted by Gasteiger charge is 2.37. The fraction of sp³-hybridized carbons (Fsp3) is 0.300. The summed E-state index contributed by atoms with van der Waals surface area (Å²) in [5.74, 6) is -1.04. The smallest absolute Gasteiger partial charge is 0.347 e. The second kappa shape index (κ2) is 5.82. The molecule has 0 aromatic heterocycles. The van der Waals surface area contributed by atoms with Crippen LogP contribution in [0.25, 0.3) is 0 Å². The van der Waals surface area contributed by atoms with E-state index in [9.17, 15) is 21.6 Å². The molecule has 2 N–H and O–H groups in total. The van der Waals surface area contributed by atoms with Gasteiger partial charge in [0.25, 0.3) is 10.0 Å². The molecule has 22 heavy (non-hydrogen) atoms. The Morgan fingerprint density at radius 3 is 2.55 bits per heavy atom. The Hall–Kier alpha value is -1.72. The Bertz CT molecular complexity index is 820. The van der Waals surface area contributed by atoms with Gasteiger partial charge < -0.3 is 13.7 Å². The van der Waals surface area contributed by atoms with E-state index in [-0.39, 0.29) is 11.6 Å². The normalized spacial score (nSPS) is 15.4. The molecule has 1 aliphatic heterocycles. The molecule has 0 saturated heterocycles. The molecule has 122 valence electrons. The predicted octanol–water partition coefficient (Wildman–Crippen LogP) is 0.754. The highest BCUT2D eigenvalue weighted by molar-refractivity contribution is 7.90. The van der Waals surface area contributed by atoms with Crippen molar-refractivity contribution in [2.75, 3.05) is 6.54 Å². The first-order valence-corrected chi connectivity index (χ1v) is 9.13. The number of carbonyl (C=O) groups is 1. The van der Waals surface area contributed by atoms with Crippen molar-refractivity contribution in [3.8, 4) is 11.5 Å². The minimum absolute atomic E-state index is 0.148. The van der Waals surface area contributed by atoms with Crippen molar-refractivity contribution in [3.63, 3.8) is 0 Å². The van der Waals surface area contributed by atoms with Crippen molar-refractivity contribution in [2.45, 2.75) is 18.2 Å². The van der Waals surface area contributed by atoms with Gasteiger partial charge in [0.2, 0.25) is 11.5 Å². The number of fused-ring (bicyclic) bond motifs is 1. The lowest BCUT2D eigenvalue weighted by molar-refractivity contribution is 0.246. The number of nitrogens with one attached hydrogen (secondary N) is 2. The molecule has 1 aliphatic rings. The number of carbonyl (C=O) groups excluding carboxylic acids is 1. The lowest BCUT2D eigenvalue weighted by Gasteiger charge is -2.09. The van der Waals surface area contributed by atoms with Crippen LogP contribution in [0.4, 0.5) is 4.79 Å². The summed E-state index contributed by atoms with van der Waals surface area (Å²) in [6, 6.07) is 1.16. The Labute approximate surface area is 131 Å². The molecule has 1 aromatic rings. The number of sulfonamides is 1. The van der Waals surface area contributed by atoms with E-state index in [4.69, 9.17) is 11.6 Å². The molecule has 2 amide bonds. The number of benzene rings is 1. The molecular weight excluding hydrogens is 360 g/mol. The third kappa shape index (κ3) is 3.36. The van der Waals surface area contributed by atoms with Crippen molar-refractivity contribution >= 4 is 38.1 Å². The minimum atomic E-state index is -4.43. The lowest BCUT2D eigenvalue weighted by Crippen LogP contribution is -2.39. The van der Waals surface area contributed by atoms with Gasteiger partial charge in [-0.15, -0.1) is 8.42 Å². The van der Waals surface area contributed by atoms with Crippen LogP contribution < -0.4 is 18.4 Å². The van der Waals surface area contributed by atoms with Crippen LogP contribution in [-0.4, -0.2) is 29.4 Å². The molecule has 0 unspecified atom stereocenters. The summed E-state index contributed by atoms with van der Waals surface area (Å²) in [7, 11) is -8.80. The van der Waals surface area contributed by atoms with E-state index < -0.39 is 42.8 Å². The van der Waals surface area contributed by atoms with Crippen LogP contribution in [0.3, 0.4) is 0 Å². The van der Waals surface area contributed by atoms with Crippen LogP contribution in [0.2, 0.25) is 5.02 Å². The molecule has 12 heteroatoms. The van der Waals surface area contributed by atoms with Crippen LogP contribution in [0.15, 0.2) is 17.0 Å². The van der Waals surface area contributed by atoms with E-state index in [0.29, 0.717) is 6.42 Å². The highest BCUT2D eigenvalue weighted by Crippen LogP contribution is 2.45. The van der Waals surface area contributed by atoms with Crippen molar-refractivity contribution in [3.05, 3.63) is 17.2 Å². The summed E-state index contributed by atoms with van der Waals surface area (Å²) in [5, 5.41) is 2.16. The second-order valence-corrected chi connectivity index (χ2v) is 7.35. The van der Waals surface area contributed by atoms with Crippen LogP contribution in [0.1, 0.15) is 13.3 Å². The molecule has 1 heterocycles. The molecule has 0 atom stereocenters. The average Bonchev–Trinajstić information content (AvgIpc) is 2.72.